The number of ether oxygens (including phenoxy) is 3. The molecule has 1 aromatic carbocycles. The van der Waals surface area contributed by atoms with Crippen molar-refractivity contribution in [3.63, 3.8) is 0 Å². The van der Waals surface area contributed by atoms with Crippen LogP contribution in [0, 0.1) is 0 Å². The van der Waals surface area contributed by atoms with E-state index in [0.717, 1.165) is 35.8 Å². The summed E-state index contributed by atoms with van der Waals surface area (Å²) in [5.41, 5.74) is 1.98. The molecule has 0 spiro atoms. The van der Waals surface area contributed by atoms with Crippen molar-refractivity contribution in [2.75, 3.05) is 13.2 Å². The second-order valence-electron chi connectivity index (χ2n) is 9.81. The minimum Gasteiger partial charge on any atom is -0.463 e. The molecule has 1 aliphatic heterocycles. The summed E-state index contributed by atoms with van der Waals surface area (Å²) in [5.74, 6) is -0.956. The minimum atomic E-state index is -0.674. The highest BCUT2D eigenvalue weighted by Crippen LogP contribution is 2.42. The average molecular weight is 548 g/mol. The lowest BCUT2D eigenvalue weighted by atomic mass is 10.0. The fourth-order valence-electron chi connectivity index (χ4n) is 4.44. The first kappa shape index (κ1) is 27.2. The maximum atomic E-state index is 12.9. The number of hydrogen-bond acceptors (Lipinski definition) is 6. The lowest BCUT2D eigenvalue weighted by molar-refractivity contribution is -0.155. The summed E-state index contributed by atoms with van der Waals surface area (Å²) in [7, 11) is 0. The molecule has 3 heterocycles. The van der Waals surface area contributed by atoms with Crippen LogP contribution in [0.4, 0.5) is 0 Å². The SMILES string of the molecule is CCOC(=O)/C=C/c1c(-c2cnn(C3CCCCO3)c2)c2ccc(Cl)c(Cl)c2n1CC(=O)OC(C)(C)C. The maximum Gasteiger partial charge on any atom is 0.330 e. The van der Waals surface area contributed by atoms with Crippen LogP contribution in [-0.2, 0) is 30.3 Å². The number of fused-ring (bicyclic) bond motifs is 1. The largest absolute Gasteiger partial charge is 0.463 e. The van der Waals surface area contributed by atoms with Crippen molar-refractivity contribution in [1.82, 2.24) is 14.3 Å². The molecule has 0 radical (unpaired) electrons. The standard InChI is InChI=1S/C27H31Cl2N3O5/c1-5-35-22(33)12-11-20-24(17-14-30-32(15-17)21-8-6-7-13-36-21)18-9-10-19(28)25(29)26(18)31(20)16-23(34)37-27(2,3)4/h9-12,14-15,21H,5-8,13,16H2,1-4H3/b12-11+. The molecule has 0 amide bonds. The lowest BCUT2D eigenvalue weighted by Crippen LogP contribution is -2.26. The van der Waals surface area contributed by atoms with Crippen molar-refractivity contribution in [3.8, 4) is 11.1 Å². The van der Waals surface area contributed by atoms with Gasteiger partial charge in [-0.3, -0.25) is 4.79 Å². The number of esters is 2. The highest BCUT2D eigenvalue weighted by molar-refractivity contribution is 6.45. The minimum absolute atomic E-state index is 0.143. The molecular formula is C27H31Cl2N3O5. The molecule has 0 saturated carbocycles. The Bertz CT molecular complexity index is 1330. The molecule has 1 atom stereocenters. The lowest BCUT2D eigenvalue weighted by Gasteiger charge is -2.22. The normalized spacial score (nSPS) is 16.4. The van der Waals surface area contributed by atoms with Crippen molar-refractivity contribution < 1.29 is 23.8 Å². The molecule has 198 valence electrons. The fraction of sp³-hybridized carbons (Fsp3) is 0.444. The summed E-state index contributed by atoms with van der Waals surface area (Å²) < 4.78 is 20.1. The Balaban J connectivity index is 1.91. The number of nitrogens with zero attached hydrogens (tertiary/aromatic N) is 3. The molecule has 10 heteroatoms. The van der Waals surface area contributed by atoms with Crippen molar-refractivity contribution in [2.45, 2.75) is 65.3 Å². The Morgan fingerprint density at radius 1 is 1.24 bits per heavy atom. The number of hydrogen-bond donors (Lipinski definition) is 0. The van der Waals surface area contributed by atoms with Crippen LogP contribution in [0.2, 0.25) is 10.0 Å². The van der Waals surface area contributed by atoms with E-state index >= 15 is 0 Å². The predicted molar refractivity (Wildman–Crippen MR) is 144 cm³/mol. The molecule has 0 N–H and O–H groups in total. The molecule has 8 nitrogen and oxygen atoms in total. The second kappa shape index (κ2) is 11.3. The Labute approximate surface area is 226 Å². The summed E-state index contributed by atoms with van der Waals surface area (Å²) in [4.78, 5) is 25.2. The number of carbonyl (C=O) groups excluding carboxylic acids is 2. The van der Waals surface area contributed by atoms with Gasteiger partial charge in [-0.1, -0.05) is 29.3 Å². The first-order valence-corrected chi connectivity index (χ1v) is 13.1. The Kier molecular flexibility index (Phi) is 8.31. The summed E-state index contributed by atoms with van der Waals surface area (Å²) >= 11 is 13.1. The average Bonchev–Trinajstić information content (AvgIpc) is 3.43. The molecule has 0 bridgehead atoms. The highest BCUT2D eigenvalue weighted by atomic mass is 35.5. The van der Waals surface area contributed by atoms with Crippen LogP contribution in [0.1, 0.15) is 58.9 Å². The third-order valence-electron chi connectivity index (χ3n) is 5.87. The molecule has 1 aliphatic rings. The molecule has 4 rings (SSSR count). The van der Waals surface area contributed by atoms with Gasteiger partial charge in [0, 0.05) is 35.4 Å². The number of carbonyl (C=O) groups is 2. The maximum absolute atomic E-state index is 12.9. The number of rotatable bonds is 7. The Morgan fingerprint density at radius 2 is 2.03 bits per heavy atom. The van der Waals surface area contributed by atoms with E-state index in [2.05, 4.69) is 5.10 Å². The first-order chi connectivity index (χ1) is 17.6. The predicted octanol–water partition coefficient (Wildman–Crippen LogP) is 6.43. The highest BCUT2D eigenvalue weighted by Gasteiger charge is 2.26. The molecule has 0 aliphatic carbocycles. The third kappa shape index (κ3) is 6.20. The van der Waals surface area contributed by atoms with E-state index < -0.39 is 17.5 Å². The van der Waals surface area contributed by atoms with Crippen LogP contribution in [0.5, 0.6) is 0 Å². The van der Waals surface area contributed by atoms with Gasteiger partial charge < -0.3 is 18.8 Å². The fourth-order valence-corrected chi connectivity index (χ4v) is 4.86. The molecule has 37 heavy (non-hydrogen) atoms. The smallest absolute Gasteiger partial charge is 0.330 e. The van der Waals surface area contributed by atoms with Gasteiger partial charge in [0.05, 0.1) is 34.1 Å². The van der Waals surface area contributed by atoms with Gasteiger partial charge in [-0.05, 0) is 59.1 Å². The van der Waals surface area contributed by atoms with Crippen molar-refractivity contribution in [2.24, 2.45) is 0 Å². The molecule has 1 unspecified atom stereocenters. The van der Waals surface area contributed by atoms with Gasteiger partial charge in [-0.25, -0.2) is 9.48 Å². The monoisotopic (exact) mass is 547 g/mol. The van der Waals surface area contributed by atoms with Crippen LogP contribution in [-0.4, -0.2) is 45.1 Å². The molecule has 2 aromatic heterocycles. The van der Waals surface area contributed by atoms with E-state index in [1.165, 1.54) is 6.08 Å². The van der Waals surface area contributed by atoms with Crippen molar-refractivity contribution >= 4 is 52.1 Å². The third-order valence-corrected chi connectivity index (χ3v) is 6.66. The topological polar surface area (TPSA) is 84.6 Å². The quantitative estimate of drug-likeness (QED) is 0.250. The molecule has 1 saturated heterocycles. The Hall–Kier alpha value is -2.81. The van der Waals surface area contributed by atoms with E-state index in [4.69, 9.17) is 37.4 Å². The van der Waals surface area contributed by atoms with Crippen LogP contribution in [0.15, 0.2) is 30.6 Å². The Morgan fingerprint density at radius 3 is 2.70 bits per heavy atom. The van der Waals surface area contributed by atoms with Crippen molar-refractivity contribution in [3.05, 3.63) is 46.3 Å². The van der Waals surface area contributed by atoms with Crippen LogP contribution >= 0.6 is 23.2 Å². The summed E-state index contributed by atoms with van der Waals surface area (Å²) in [6.07, 6.45) is 9.43. The van der Waals surface area contributed by atoms with Crippen LogP contribution in [0.3, 0.4) is 0 Å². The van der Waals surface area contributed by atoms with Gasteiger partial charge in [0.1, 0.15) is 18.4 Å². The number of benzene rings is 1. The van der Waals surface area contributed by atoms with Gasteiger partial charge in [0.25, 0.3) is 0 Å². The summed E-state index contributed by atoms with van der Waals surface area (Å²) in [6, 6.07) is 3.56. The van der Waals surface area contributed by atoms with E-state index in [9.17, 15) is 9.59 Å². The van der Waals surface area contributed by atoms with E-state index in [0.29, 0.717) is 27.9 Å². The van der Waals surface area contributed by atoms with E-state index in [1.54, 1.807) is 50.6 Å². The summed E-state index contributed by atoms with van der Waals surface area (Å²) in [6.45, 7) is 7.94. The van der Waals surface area contributed by atoms with Gasteiger partial charge in [-0.2, -0.15) is 5.10 Å². The zero-order valence-corrected chi connectivity index (χ0v) is 22.9. The van der Waals surface area contributed by atoms with Gasteiger partial charge >= 0.3 is 11.9 Å². The van der Waals surface area contributed by atoms with E-state index in [-0.39, 0.29) is 19.4 Å². The van der Waals surface area contributed by atoms with Crippen LogP contribution < -0.4 is 0 Å². The first-order valence-electron chi connectivity index (χ1n) is 12.3. The van der Waals surface area contributed by atoms with Gasteiger partial charge in [0.15, 0.2) is 0 Å². The van der Waals surface area contributed by atoms with Gasteiger partial charge in [-0.15, -0.1) is 0 Å². The van der Waals surface area contributed by atoms with Gasteiger partial charge in [0.2, 0.25) is 0 Å². The summed E-state index contributed by atoms with van der Waals surface area (Å²) in [5, 5.41) is 5.96. The number of halogens is 2. The zero-order chi connectivity index (χ0) is 26.7. The zero-order valence-electron chi connectivity index (χ0n) is 21.4. The number of aromatic nitrogens is 3. The van der Waals surface area contributed by atoms with Crippen LogP contribution in [0.25, 0.3) is 28.1 Å². The molecule has 1 fully saturated rings. The molecular weight excluding hydrogens is 517 g/mol. The van der Waals surface area contributed by atoms with E-state index in [1.807, 2.05) is 16.9 Å². The second-order valence-corrected chi connectivity index (χ2v) is 10.6. The molecule has 3 aromatic rings. The van der Waals surface area contributed by atoms with Crippen molar-refractivity contribution in [1.29, 1.82) is 0 Å².